The van der Waals surface area contributed by atoms with Gasteiger partial charge in [0.05, 0.1) is 39.2 Å². The van der Waals surface area contributed by atoms with Crippen molar-refractivity contribution < 1.29 is 23.8 Å². The van der Waals surface area contributed by atoms with Crippen molar-refractivity contribution >= 4 is 17.5 Å². The zero-order valence-corrected chi connectivity index (χ0v) is 21.9. The van der Waals surface area contributed by atoms with E-state index < -0.39 is 0 Å². The number of benzene rings is 2. The Morgan fingerprint density at radius 3 is 2.46 bits per heavy atom. The van der Waals surface area contributed by atoms with Crippen LogP contribution in [0.3, 0.4) is 0 Å². The van der Waals surface area contributed by atoms with E-state index in [0.717, 1.165) is 41.4 Å². The molecular weight excluding hydrogens is 472 g/mol. The molecule has 1 saturated heterocycles. The molecule has 2 heterocycles. The average molecular weight is 509 g/mol. The van der Waals surface area contributed by atoms with Gasteiger partial charge in [-0.25, -0.2) is 5.01 Å². The maximum atomic E-state index is 13.7. The quantitative estimate of drug-likeness (QED) is 0.491. The fourth-order valence-corrected chi connectivity index (χ4v) is 4.64. The molecule has 1 fully saturated rings. The molecular formula is C28H36N4O5. The third-order valence-electron chi connectivity index (χ3n) is 6.84. The third kappa shape index (κ3) is 6.67. The first-order valence-corrected chi connectivity index (χ1v) is 12.8. The Hall–Kier alpha value is -3.43. The van der Waals surface area contributed by atoms with Crippen LogP contribution in [-0.2, 0) is 14.3 Å². The van der Waals surface area contributed by atoms with Crippen LogP contribution in [0.2, 0.25) is 0 Å². The number of carbonyl (C=O) groups excluding carboxylic acids is 2. The van der Waals surface area contributed by atoms with Gasteiger partial charge < -0.3 is 19.1 Å². The lowest BCUT2D eigenvalue weighted by atomic mass is 9.98. The van der Waals surface area contributed by atoms with Crippen molar-refractivity contribution in [2.75, 3.05) is 60.2 Å². The molecule has 0 radical (unpaired) electrons. The number of methoxy groups -OCH3 is 2. The molecule has 9 heteroatoms. The van der Waals surface area contributed by atoms with E-state index in [0.29, 0.717) is 39.1 Å². The Kier molecular flexibility index (Phi) is 9.14. The first-order valence-electron chi connectivity index (χ1n) is 12.8. The summed E-state index contributed by atoms with van der Waals surface area (Å²) in [5.74, 6) is 1.23. The van der Waals surface area contributed by atoms with E-state index in [1.807, 2.05) is 55.5 Å². The molecule has 9 nitrogen and oxygen atoms in total. The van der Waals surface area contributed by atoms with E-state index in [2.05, 4.69) is 4.90 Å². The minimum Gasteiger partial charge on any atom is -0.497 e. The summed E-state index contributed by atoms with van der Waals surface area (Å²) in [7, 11) is 3.25. The Morgan fingerprint density at radius 1 is 1.05 bits per heavy atom. The van der Waals surface area contributed by atoms with Gasteiger partial charge >= 0.3 is 0 Å². The molecule has 37 heavy (non-hydrogen) atoms. The van der Waals surface area contributed by atoms with Crippen molar-refractivity contribution in [2.24, 2.45) is 5.10 Å². The number of ether oxygens (including phenoxy) is 3. The number of carbonyl (C=O) groups is 2. The van der Waals surface area contributed by atoms with Crippen LogP contribution in [-0.4, -0.2) is 92.5 Å². The topological polar surface area (TPSA) is 83.9 Å². The standard InChI is InChI=1S/C28H36N4O5/c1-4-27(33)31(13-12-30-14-16-37-17-15-30)20-28(34)32-26(21-8-10-23(35-2)11-9-21)19-25(29-32)22-6-5-7-24(18-22)36-3/h5-11,18,26H,4,12-17,19-20H2,1-3H3/t26-/m0/s1. The fourth-order valence-electron chi connectivity index (χ4n) is 4.64. The van der Waals surface area contributed by atoms with Crippen LogP contribution in [0.15, 0.2) is 53.6 Å². The smallest absolute Gasteiger partial charge is 0.262 e. The summed E-state index contributed by atoms with van der Waals surface area (Å²) >= 11 is 0. The average Bonchev–Trinajstić information content (AvgIpc) is 3.41. The predicted molar refractivity (Wildman–Crippen MR) is 141 cm³/mol. The first-order chi connectivity index (χ1) is 18.0. The van der Waals surface area contributed by atoms with Crippen LogP contribution in [0.1, 0.15) is 36.9 Å². The third-order valence-corrected chi connectivity index (χ3v) is 6.84. The number of morpholine rings is 1. The molecule has 2 aliphatic rings. The normalized spacial score (nSPS) is 17.9. The van der Waals surface area contributed by atoms with Gasteiger partial charge in [0.25, 0.3) is 5.91 Å². The summed E-state index contributed by atoms with van der Waals surface area (Å²) in [6, 6.07) is 15.1. The van der Waals surface area contributed by atoms with Crippen LogP contribution in [0.25, 0.3) is 0 Å². The minimum atomic E-state index is -0.280. The molecule has 0 aromatic heterocycles. The largest absolute Gasteiger partial charge is 0.497 e. The minimum absolute atomic E-state index is 0.0153. The van der Waals surface area contributed by atoms with Crippen LogP contribution < -0.4 is 9.47 Å². The second-order valence-electron chi connectivity index (χ2n) is 9.13. The number of amides is 2. The zero-order chi connectivity index (χ0) is 26.2. The van der Waals surface area contributed by atoms with Crippen molar-refractivity contribution in [1.29, 1.82) is 0 Å². The summed E-state index contributed by atoms with van der Waals surface area (Å²) in [6.07, 6.45) is 0.900. The van der Waals surface area contributed by atoms with Crippen LogP contribution in [0, 0.1) is 0 Å². The Labute approximate surface area is 218 Å². The molecule has 0 spiro atoms. The summed E-state index contributed by atoms with van der Waals surface area (Å²) < 4.78 is 16.1. The number of nitrogens with zero attached hydrogens (tertiary/aromatic N) is 4. The van der Waals surface area contributed by atoms with Crippen molar-refractivity contribution in [3.63, 3.8) is 0 Å². The SMILES string of the molecule is CCC(=O)N(CCN1CCOCC1)CC(=O)N1N=C(c2cccc(OC)c2)C[C@H]1c1ccc(OC)cc1. The number of hydrogen-bond acceptors (Lipinski definition) is 7. The van der Waals surface area contributed by atoms with Crippen LogP contribution in [0.4, 0.5) is 0 Å². The van der Waals surface area contributed by atoms with E-state index in [-0.39, 0.29) is 24.4 Å². The molecule has 2 amide bonds. The number of hydrazone groups is 1. The predicted octanol–water partition coefficient (Wildman–Crippen LogP) is 2.95. The molecule has 0 N–H and O–H groups in total. The van der Waals surface area contributed by atoms with Gasteiger partial charge in [0.1, 0.15) is 18.0 Å². The van der Waals surface area contributed by atoms with Gasteiger partial charge in [-0.1, -0.05) is 31.2 Å². The lowest BCUT2D eigenvalue weighted by Gasteiger charge is -2.31. The summed E-state index contributed by atoms with van der Waals surface area (Å²) in [6.45, 7) is 6.07. The highest BCUT2D eigenvalue weighted by Gasteiger charge is 2.34. The lowest BCUT2D eigenvalue weighted by Crippen LogP contribution is -2.46. The number of rotatable bonds is 10. The molecule has 0 saturated carbocycles. The van der Waals surface area contributed by atoms with Crippen molar-refractivity contribution in [2.45, 2.75) is 25.8 Å². The highest BCUT2D eigenvalue weighted by molar-refractivity contribution is 6.03. The Morgan fingerprint density at radius 2 is 1.78 bits per heavy atom. The molecule has 2 aliphatic heterocycles. The van der Waals surface area contributed by atoms with Gasteiger partial charge in [-0.2, -0.15) is 5.10 Å². The maximum absolute atomic E-state index is 13.7. The lowest BCUT2D eigenvalue weighted by molar-refractivity contribution is -0.141. The highest BCUT2D eigenvalue weighted by atomic mass is 16.5. The number of hydrogen-bond donors (Lipinski definition) is 0. The molecule has 0 unspecified atom stereocenters. The maximum Gasteiger partial charge on any atom is 0.262 e. The van der Waals surface area contributed by atoms with E-state index >= 15 is 0 Å². The second kappa shape index (κ2) is 12.7. The fraction of sp³-hybridized carbons (Fsp3) is 0.464. The highest BCUT2D eigenvalue weighted by Crippen LogP contribution is 2.34. The Balaban J connectivity index is 1.56. The molecule has 0 aliphatic carbocycles. The molecule has 4 rings (SSSR count). The Bertz CT molecular complexity index is 1100. The molecule has 2 aromatic carbocycles. The summed E-state index contributed by atoms with van der Waals surface area (Å²) in [5, 5.41) is 6.31. The zero-order valence-electron chi connectivity index (χ0n) is 21.9. The molecule has 198 valence electrons. The second-order valence-corrected chi connectivity index (χ2v) is 9.13. The van der Waals surface area contributed by atoms with Gasteiger partial charge in [0, 0.05) is 44.6 Å². The van der Waals surface area contributed by atoms with Crippen LogP contribution in [0.5, 0.6) is 11.5 Å². The summed E-state index contributed by atoms with van der Waals surface area (Å²) in [4.78, 5) is 30.4. The van der Waals surface area contributed by atoms with E-state index in [4.69, 9.17) is 19.3 Å². The van der Waals surface area contributed by atoms with E-state index in [9.17, 15) is 9.59 Å². The molecule has 0 bridgehead atoms. The van der Waals surface area contributed by atoms with Gasteiger partial charge in [-0.3, -0.25) is 14.5 Å². The van der Waals surface area contributed by atoms with Gasteiger partial charge in [0.2, 0.25) is 5.91 Å². The van der Waals surface area contributed by atoms with E-state index in [1.165, 1.54) is 0 Å². The van der Waals surface area contributed by atoms with Crippen molar-refractivity contribution in [3.8, 4) is 11.5 Å². The molecule has 2 aromatic rings. The first kappa shape index (κ1) is 26.6. The molecule has 1 atom stereocenters. The van der Waals surface area contributed by atoms with Crippen molar-refractivity contribution in [3.05, 3.63) is 59.7 Å². The van der Waals surface area contributed by atoms with Crippen LogP contribution >= 0.6 is 0 Å². The van der Waals surface area contributed by atoms with E-state index in [1.54, 1.807) is 24.1 Å². The van der Waals surface area contributed by atoms with Crippen molar-refractivity contribution in [1.82, 2.24) is 14.8 Å². The van der Waals surface area contributed by atoms with Gasteiger partial charge in [-0.05, 0) is 29.8 Å². The van der Waals surface area contributed by atoms with Gasteiger partial charge in [0.15, 0.2) is 0 Å². The van der Waals surface area contributed by atoms with Gasteiger partial charge in [-0.15, -0.1) is 0 Å². The summed E-state index contributed by atoms with van der Waals surface area (Å²) in [5.41, 5.74) is 2.66. The monoisotopic (exact) mass is 508 g/mol.